The predicted molar refractivity (Wildman–Crippen MR) is 51.5 cm³/mol. The van der Waals surface area contributed by atoms with Gasteiger partial charge in [0.1, 0.15) is 0 Å². The van der Waals surface area contributed by atoms with E-state index in [0.29, 0.717) is 0 Å². The molecule has 0 aromatic heterocycles. The minimum atomic E-state index is -4.82. The summed E-state index contributed by atoms with van der Waals surface area (Å²) in [5, 5.41) is 17.6. The number of carboxylic acids is 2. The minimum absolute atomic E-state index is 0.142. The maximum atomic E-state index is 11.1. The fourth-order valence-corrected chi connectivity index (χ4v) is 3.02. The van der Waals surface area contributed by atoms with Crippen LogP contribution in [-0.2, 0) is 19.7 Å². The van der Waals surface area contributed by atoms with Crippen molar-refractivity contribution in [2.45, 2.75) is 30.4 Å². The summed E-state index contributed by atoms with van der Waals surface area (Å²) in [4.78, 5) is 21.7. The molecule has 3 N–H and O–H groups in total. The van der Waals surface area contributed by atoms with Gasteiger partial charge in [0.2, 0.25) is 0 Å². The topological polar surface area (TPSA) is 129 Å². The average Bonchev–Trinajstić information content (AvgIpc) is 2.15. The molecule has 0 aromatic rings. The van der Waals surface area contributed by atoms with E-state index in [1.54, 1.807) is 0 Å². The second-order valence-electron chi connectivity index (χ2n) is 3.91. The monoisotopic (exact) mass is 252 g/mol. The summed E-state index contributed by atoms with van der Waals surface area (Å²) in [5.74, 6) is -3.98. The summed E-state index contributed by atoms with van der Waals surface area (Å²) in [5.41, 5.74) is 0. The van der Waals surface area contributed by atoms with E-state index in [0.717, 1.165) is 0 Å². The molecule has 0 aromatic carbocycles. The molecule has 1 rings (SSSR count). The fraction of sp³-hybridized carbons (Fsp3) is 0.750. The Bertz CT molecular complexity index is 412. The molecule has 1 aliphatic rings. The van der Waals surface area contributed by atoms with E-state index >= 15 is 0 Å². The molecular weight excluding hydrogens is 240 g/mol. The molecule has 0 heterocycles. The summed E-state index contributed by atoms with van der Waals surface area (Å²) in [6.45, 7) is 0. The van der Waals surface area contributed by atoms with E-state index in [1.165, 1.54) is 0 Å². The SMILES string of the molecule is O=C(O)C1CCCC(C(=O)O)(S(=O)(=O)O)C1. The molecule has 7 nitrogen and oxygen atoms in total. The smallest absolute Gasteiger partial charge is 0.327 e. The molecular formula is C8H12O7S. The first-order valence-corrected chi connectivity index (χ1v) is 6.08. The van der Waals surface area contributed by atoms with Crippen LogP contribution in [0.4, 0.5) is 0 Å². The molecule has 0 bridgehead atoms. The molecule has 0 radical (unpaired) electrons. The van der Waals surface area contributed by atoms with Gasteiger partial charge in [-0.3, -0.25) is 14.1 Å². The van der Waals surface area contributed by atoms with E-state index < -0.39 is 39.1 Å². The summed E-state index contributed by atoms with van der Waals surface area (Å²) < 4.78 is 28.8. The highest BCUT2D eigenvalue weighted by Crippen LogP contribution is 2.38. The third-order valence-corrected chi connectivity index (χ3v) is 4.48. The Kier molecular flexibility index (Phi) is 3.25. The molecule has 16 heavy (non-hydrogen) atoms. The van der Waals surface area contributed by atoms with Gasteiger partial charge in [-0.2, -0.15) is 8.42 Å². The van der Waals surface area contributed by atoms with Crippen LogP contribution in [0.1, 0.15) is 25.7 Å². The number of hydrogen-bond acceptors (Lipinski definition) is 4. The number of rotatable bonds is 3. The molecule has 2 atom stereocenters. The Hall–Kier alpha value is -1.15. The van der Waals surface area contributed by atoms with Gasteiger partial charge in [0.05, 0.1) is 5.92 Å². The van der Waals surface area contributed by atoms with Gasteiger partial charge in [-0.25, -0.2) is 0 Å². The van der Waals surface area contributed by atoms with Crippen LogP contribution < -0.4 is 0 Å². The van der Waals surface area contributed by atoms with Crippen molar-refractivity contribution in [2.24, 2.45) is 5.92 Å². The molecule has 92 valence electrons. The lowest BCUT2D eigenvalue weighted by molar-refractivity contribution is -0.146. The maximum absolute atomic E-state index is 11.1. The molecule has 1 aliphatic carbocycles. The van der Waals surface area contributed by atoms with Crippen LogP contribution in [0, 0.1) is 5.92 Å². The van der Waals surface area contributed by atoms with Crippen LogP contribution in [0.15, 0.2) is 0 Å². The Morgan fingerprint density at radius 3 is 2.19 bits per heavy atom. The van der Waals surface area contributed by atoms with Crippen molar-refractivity contribution in [3.05, 3.63) is 0 Å². The van der Waals surface area contributed by atoms with Crippen molar-refractivity contribution >= 4 is 22.1 Å². The summed E-state index contributed by atoms with van der Waals surface area (Å²) >= 11 is 0. The highest BCUT2D eigenvalue weighted by Gasteiger charge is 2.54. The fourth-order valence-electron chi connectivity index (χ4n) is 1.99. The highest BCUT2D eigenvalue weighted by molar-refractivity contribution is 7.88. The van der Waals surface area contributed by atoms with Crippen molar-refractivity contribution in [3.63, 3.8) is 0 Å². The first-order valence-electron chi connectivity index (χ1n) is 4.64. The largest absolute Gasteiger partial charge is 0.481 e. The van der Waals surface area contributed by atoms with E-state index in [2.05, 4.69) is 0 Å². The van der Waals surface area contributed by atoms with E-state index in [9.17, 15) is 18.0 Å². The molecule has 8 heteroatoms. The van der Waals surface area contributed by atoms with E-state index in [-0.39, 0.29) is 19.3 Å². The van der Waals surface area contributed by atoms with Crippen LogP contribution in [0.25, 0.3) is 0 Å². The molecule has 0 amide bonds. The molecule has 1 fully saturated rings. The second kappa shape index (κ2) is 4.02. The van der Waals surface area contributed by atoms with Gasteiger partial charge in [0, 0.05) is 0 Å². The average molecular weight is 252 g/mol. The Morgan fingerprint density at radius 2 is 1.81 bits per heavy atom. The van der Waals surface area contributed by atoms with Crippen LogP contribution in [0.3, 0.4) is 0 Å². The summed E-state index contributed by atoms with van der Waals surface area (Å²) in [6, 6.07) is 0. The van der Waals surface area contributed by atoms with Crippen LogP contribution in [0.2, 0.25) is 0 Å². The highest BCUT2D eigenvalue weighted by atomic mass is 32.2. The van der Waals surface area contributed by atoms with Crippen molar-refractivity contribution in [2.75, 3.05) is 0 Å². The third-order valence-electron chi connectivity index (χ3n) is 2.94. The van der Waals surface area contributed by atoms with Gasteiger partial charge in [-0.05, 0) is 19.3 Å². The second-order valence-corrected chi connectivity index (χ2v) is 5.64. The van der Waals surface area contributed by atoms with Crippen LogP contribution in [0.5, 0.6) is 0 Å². The lowest BCUT2D eigenvalue weighted by Gasteiger charge is -2.33. The zero-order valence-corrected chi connectivity index (χ0v) is 9.11. The number of carbonyl (C=O) groups is 2. The quantitative estimate of drug-likeness (QED) is 0.601. The molecule has 0 aliphatic heterocycles. The van der Waals surface area contributed by atoms with E-state index in [1.807, 2.05) is 0 Å². The minimum Gasteiger partial charge on any atom is -0.481 e. The van der Waals surface area contributed by atoms with Crippen molar-refractivity contribution < 1.29 is 32.8 Å². The first-order chi connectivity index (χ1) is 7.21. The summed E-state index contributed by atoms with van der Waals surface area (Å²) in [7, 11) is -4.82. The molecule has 0 saturated heterocycles. The Labute approximate surface area is 91.8 Å². The van der Waals surface area contributed by atoms with Gasteiger partial charge >= 0.3 is 11.9 Å². The van der Waals surface area contributed by atoms with Gasteiger partial charge < -0.3 is 10.2 Å². The van der Waals surface area contributed by atoms with Crippen molar-refractivity contribution in [1.82, 2.24) is 0 Å². The first kappa shape index (κ1) is 12.9. The van der Waals surface area contributed by atoms with Crippen molar-refractivity contribution in [3.8, 4) is 0 Å². The van der Waals surface area contributed by atoms with Gasteiger partial charge in [-0.1, -0.05) is 6.42 Å². The molecule has 1 saturated carbocycles. The van der Waals surface area contributed by atoms with E-state index in [4.69, 9.17) is 14.8 Å². The zero-order chi connectivity index (χ0) is 12.6. The number of carboxylic acid groups (broad SMARTS) is 2. The maximum Gasteiger partial charge on any atom is 0.327 e. The lowest BCUT2D eigenvalue weighted by Crippen LogP contribution is -2.50. The zero-order valence-electron chi connectivity index (χ0n) is 8.29. The Balaban J connectivity index is 3.14. The van der Waals surface area contributed by atoms with Crippen molar-refractivity contribution in [1.29, 1.82) is 0 Å². The normalized spacial score (nSPS) is 30.9. The van der Waals surface area contributed by atoms with Crippen LogP contribution in [-0.4, -0.2) is 39.9 Å². The predicted octanol–water partition coefficient (Wildman–Crippen LogP) is -0.0276. The molecule has 2 unspecified atom stereocenters. The molecule has 0 spiro atoms. The summed E-state index contributed by atoms with van der Waals surface area (Å²) in [6.07, 6.45) is -0.482. The van der Waals surface area contributed by atoms with Crippen LogP contribution >= 0.6 is 0 Å². The Morgan fingerprint density at radius 1 is 1.25 bits per heavy atom. The lowest BCUT2D eigenvalue weighted by atomic mass is 9.81. The number of hydrogen-bond donors (Lipinski definition) is 3. The van der Waals surface area contributed by atoms with Gasteiger partial charge in [0.25, 0.3) is 10.1 Å². The standard InChI is InChI=1S/C8H12O7S/c9-6(10)5-2-1-3-8(4-5,7(11)12)16(13,14)15/h5H,1-4H2,(H,9,10)(H,11,12)(H,13,14,15). The van der Waals surface area contributed by atoms with Gasteiger partial charge in [0.15, 0.2) is 4.75 Å². The van der Waals surface area contributed by atoms with Gasteiger partial charge in [-0.15, -0.1) is 0 Å². The number of aliphatic carboxylic acids is 2. The third kappa shape index (κ3) is 2.03.